The van der Waals surface area contributed by atoms with E-state index in [9.17, 15) is 176 Å². The molecule has 4 aromatic heterocycles. The van der Waals surface area contributed by atoms with Crippen molar-refractivity contribution >= 4 is 112 Å². The molecule has 0 bridgehead atoms. The SMILES string of the molecule is Fc1c(F)c(F)c([B-](Cl)(c2c(F)c(F)c(F)c(F)c2F)[n+]2ccccc2)c(F)c1F.Fc1c(F)c(F)c([B-](Cl)(c2c(F)c(F)c(F)c(F)c2F)[n+]2ccccc2)c(F)c1F.Fc1c(F)c(F)c([B-](Cl)(c2c(F)c(F)c(F)c(F)c2F)[n+]2ccccc2)c(F)c1F.Fc1c(F)c(F)c([B-](Cl)(c2c(F)c(F)c(F)c(F)c2F)[n+]2ccccc2)c(F)c1F. The minimum absolute atomic E-state index is 0.373. The van der Waals surface area contributed by atoms with Crippen LogP contribution in [-0.4, -0.2) is 22.8 Å². The Balaban J connectivity index is 0.000000182. The van der Waals surface area contributed by atoms with E-state index in [2.05, 4.69) is 0 Å². The molecule has 0 spiro atoms. The molecule has 0 aliphatic heterocycles. The van der Waals surface area contributed by atoms with Crippen molar-refractivity contribution in [3.63, 3.8) is 0 Å². The van der Waals surface area contributed by atoms with E-state index in [4.69, 9.17) is 45.8 Å². The highest BCUT2D eigenvalue weighted by atomic mass is 35.5. The van der Waals surface area contributed by atoms with E-state index in [1.165, 1.54) is 24.3 Å². The van der Waals surface area contributed by atoms with Gasteiger partial charge in [-0.15, -0.1) is 0 Å². The van der Waals surface area contributed by atoms with Crippen LogP contribution < -0.4 is 61.6 Å². The Morgan fingerprint density at radius 1 is 0.117 bits per heavy atom. The summed E-state index contributed by atoms with van der Waals surface area (Å²) in [5.74, 6) is -103. The fourth-order valence-electron chi connectivity index (χ4n) is 12.0. The van der Waals surface area contributed by atoms with Crippen LogP contribution >= 0.6 is 45.8 Å². The summed E-state index contributed by atoms with van der Waals surface area (Å²) < 4.78 is 561. The Bertz CT molecular complexity index is 4910. The number of pyridine rings is 4. The smallest absolute Gasteiger partial charge is 0.405 e. The lowest BCUT2D eigenvalue weighted by Crippen LogP contribution is -2.78. The highest BCUT2D eigenvalue weighted by Gasteiger charge is 2.56. The quantitative estimate of drug-likeness (QED) is 0.0501. The maximum atomic E-state index is 14.5. The maximum Gasteiger partial charge on any atom is 0.428 e. The van der Waals surface area contributed by atoms with Crippen molar-refractivity contribution in [1.82, 2.24) is 0 Å². The van der Waals surface area contributed by atoms with Gasteiger partial charge >= 0.3 is 22.8 Å². The van der Waals surface area contributed by atoms with Crippen LogP contribution in [-0.2, 0) is 0 Å². The Hall–Kier alpha value is -11.0. The fraction of sp³-hybridized carbons (Fsp3) is 0. The third-order valence-corrected chi connectivity index (χ3v) is 20.3. The topological polar surface area (TPSA) is 15.5 Å². The molecule has 0 saturated heterocycles. The molecule has 0 amide bonds. The standard InChI is InChI=1S/4C17H5BClF10N/c4*19-18(30-4-2-1-3-5-30,6-8(20)12(24)16(28)13(25)9(6)21)7-10(22)14(26)17(29)15(27)11(7)23/h4*1-5H. The molecule has 8 aromatic carbocycles. The monoisotopic (exact) mass is 1840 g/mol. The van der Waals surface area contributed by atoms with Crippen molar-refractivity contribution in [3.05, 3.63) is 355 Å². The molecule has 4 nitrogen and oxygen atoms in total. The van der Waals surface area contributed by atoms with Crippen LogP contribution in [0.15, 0.2) is 122 Å². The van der Waals surface area contributed by atoms with Gasteiger partial charge in [0.25, 0.3) is 0 Å². The predicted molar refractivity (Wildman–Crippen MR) is 341 cm³/mol. The largest absolute Gasteiger partial charge is 0.428 e. The van der Waals surface area contributed by atoms with Gasteiger partial charge in [-0.2, -0.15) is 0 Å². The van der Waals surface area contributed by atoms with Crippen LogP contribution in [0.5, 0.6) is 0 Å². The summed E-state index contributed by atoms with van der Waals surface area (Å²) in [4.78, 5) is 0. The minimum Gasteiger partial charge on any atom is -0.405 e. The van der Waals surface area contributed by atoms with Gasteiger partial charge in [0, 0.05) is 0 Å². The molecule has 52 heteroatoms. The van der Waals surface area contributed by atoms with Gasteiger partial charge in [0.15, 0.2) is 140 Å². The zero-order chi connectivity index (χ0) is 90.2. The van der Waals surface area contributed by atoms with Gasteiger partial charge in [0.2, 0.25) is 0 Å². The zero-order valence-corrected chi connectivity index (χ0v) is 59.3. The van der Waals surface area contributed by atoms with Crippen LogP contribution in [0.1, 0.15) is 0 Å². The second-order valence-corrected chi connectivity index (χ2v) is 26.6. The number of rotatable bonds is 12. The molecule has 0 N–H and O–H groups in total. The maximum absolute atomic E-state index is 14.5. The first-order valence-corrected chi connectivity index (χ1v) is 32.9. The number of hydrogen-bond donors (Lipinski definition) is 0. The molecule has 12 aromatic rings. The van der Waals surface area contributed by atoms with Crippen molar-refractivity contribution in [2.45, 2.75) is 0 Å². The molecule has 0 saturated carbocycles. The summed E-state index contributed by atoms with van der Waals surface area (Å²) in [6.07, 6.45) is 6.25. The molecule has 4 heterocycles. The average molecular weight is 1840 g/mol. The number of halogens is 44. The number of hydrogen-bond acceptors (Lipinski definition) is 0. The van der Waals surface area contributed by atoms with Crippen molar-refractivity contribution in [3.8, 4) is 0 Å². The number of nitrogens with zero attached hydrogens (tertiary/aromatic N) is 4. The Morgan fingerprint density at radius 3 is 0.258 bits per heavy atom. The molecule has 12 rings (SSSR count). The molecule has 0 aliphatic rings. The second-order valence-electron chi connectivity index (χ2n) is 24.0. The van der Waals surface area contributed by atoms with Gasteiger partial charge < -0.3 is 17.9 Å². The van der Waals surface area contributed by atoms with Crippen molar-refractivity contribution in [2.24, 2.45) is 0 Å². The lowest BCUT2D eigenvalue weighted by Gasteiger charge is -2.31. The van der Waals surface area contributed by atoms with Gasteiger partial charge in [0.1, 0.15) is 143 Å². The summed E-state index contributed by atoms with van der Waals surface area (Å²) in [6, 6.07) is 13.6. The zero-order valence-electron chi connectivity index (χ0n) is 56.3. The molecule has 0 atom stereocenters. The van der Waals surface area contributed by atoms with Gasteiger partial charge in [-0.3, -0.25) is 45.8 Å². The third kappa shape index (κ3) is 14.8. The summed E-state index contributed by atoms with van der Waals surface area (Å²) >= 11 is 24.3. The van der Waals surface area contributed by atoms with E-state index in [0.29, 0.717) is 17.9 Å². The van der Waals surface area contributed by atoms with Gasteiger partial charge in [0.05, 0.1) is 0 Å². The first-order valence-electron chi connectivity index (χ1n) is 31.2. The Morgan fingerprint density at radius 2 is 0.183 bits per heavy atom. The van der Waals surface area contributed by atoms with Crippen LogP contribution in [0, 0.1) is 233 Å². The molecule has 120 heavy (non-hydrogen) atoms. The van der Waals surface area contributed by atoms with E-state index in [1.807, 2.05) is 0 Å². The highest BCUT2D eigenvalue weighted by Crippen LogP contribution is 2.32. The van der Waals surface area contributed by atoms with Gasteiger partial charge in [-0.05, 0) is 92.2 Å². The van der Waals surface area contributed by atoms with E-state index < -0.39 is 299 Å². The molecule has 0 aliphatic carbocycles. The normalized spacial score (nSPS) is 11.8. The Labute approximate surface area is 658 Å². The molecule has 0 unspecified atom stereocenters. The van der Waals surface area contributed by atoms with Crippen LogP contribution in [0.25, 0.3) is 0 Å². The van der Waals surface area contributed by atoms with Crippen molar-refractivity contribution < 1.29 is 194 Å². The van der Waals surface area contributed by atoms with E-state index in [0.717, 1.165) is 98.1 Å². The van der Waals surface area contributed by atoms with Gasteiger partial charge in [-0.25, -0.2) is 176 Å². The molecular weight excluding hydrogens is 1820 g/mol. The molecule has 632 valence electrons. The van der Waals surface area contributed by atoms with Crippen LogP contribution in [0.2, 0.25) is 0 Å². The molecular formula is C68H20B4Cl4F40N4. The highest BCUT2D eigenvalue weighted by molar-refractivity contribution is 7.31. The van der Waals surface area contributed by atoms with Crippen molar-refractivity contribution in [2.75, 3.05) is 0 Å². The average Bonchev–Trinajstić information content (AvgIpc) is 0.733. The van der Waals surface area contributed by atoms with E-state index in [1.54, 1.807) is 0 Å². The Kier molecular flexibility index (Phi) is 26.8. The minimum atomic E-state index is -4.52. The lowest BCUT2D eigenvalue weighted by atomic mass is 9.47. The first kappa shape index (κ1) is 92.9. The van der Waals surface area contributed by atoms with Crippen molar-refractivity contribution in [1.29, 1.82) is 0 Å². The van der Waals surface area contributed by atoms with Crippen LogP contribution in [0.3, 0.4) is 0 Å². The van der Waals surface area contributed by atoms with Crippen LogP contribution in [0.4, 0.5) is 176 Å². The van der Waals surface area contributed by atoms with E-state index >= 15 is 0 Å². The summed E-state index contributed by atoms with van der Waals surface area (Å²) in [6.45, 7) is 0. The predicted octanol–water partition coefficient (Wildman–Crippen LogP) is 14.8. The summed E-state index contributed by atoms with van der Waals surface area (Å²) in [5, 5.41) is 0. The molecule has 0 fully saturated rings. The third-order valence-electron chi connectivity index (χ3n) is 17.6. The molecule has 0 radical (unpaired) electrons. The van der Waals surface area contributed by atoms with E-state index in [-0.39, 0.29) is 0 Å². The second kappa shape index (κ2) is 34.6. The summed E-state index contributed by atoms with van der Waals surface area (Å²) in [7, 11) is 0. The van der Waals surface area contributed by atoms with Gasteiger partial charge in [-0.1, -0.05) is 24.3 Å². The number of benzene rings is 8. The summed E-state index contributed by atoms with van der Waals surface area (Å²) in [5.41, 5.74) is -34.0. The fourth-order valence-corrected chi connectivity index (χ4v) is 14.1. The lowest BCUT2D eigenvalue weighted by molar-refractivity contribution is -0.537. The number of aromatic nitrogens is 4. The first-order chi connectivity index (χ1) is 55.8.